The second kappa shape index (κ2) is 4.28. The minimum Gasteiger partial charge on any atom is -0.258 e. The van der Waals surface area contributed by atoms with Gasteiger partial charge in [-0.05, 0) is 18.7 Å². The SMILES string of the molecule is CCSc1cccc(C)c1[N+](=O)[O-]. The average molecular weight is 197 g/mol. The number of thioether (sulfide) groups is 1. The van der Waals surface area contributed by atoms with Gasteiger partial charge in [0.2, 0.25) is 0 Å². The summed E-state index contributed by atoms with van der Waals surface area (Å²) in [6, 6.07) is 5.40. The van der Waals surface area contributed by atoms with Gasteiger partial charge in [-0.1, -0.05) is 19.1 Å². The highest BCUT2D eigenvalue weighted by atomic mass is 32.2. The van der Waals surface area contributed by atoms with Crippen molar-refractivity contribution in [3.8, 4) is 0 Å². The van der Waals surface area contributed by atoms with Gasteiger partial charge in [-0.2, -0.15) is 0 Å². The van der Waals surface area contributed by atoms with E-state index in [0.717, 1.165) is 16.2 Å². The average Bonchev–Trinajstić information content (AvgIpc) is 2.04. The Labute approximate surface area is 81.3 Å². The van der Waals surface area contributed by atoms with E-state index in [-0.39, 0.29) is 10.6 Å². The van der Waals surface area contributed by atoms with Crippen LogP contribution in [-0.4, -0.2) is 10.7 Å². The molecular formula is C9H11NO2S. The summed E-state index contributed by atoms with van der Waals surface area (Å²) in [5.41, 5.74) is 0.970. The van der Waals surface area contributed by atoms with Crippen molar-refractivity contribution in [1.82, 2.24) is 0 Å². The summed E-state index contributed by atoms with van der Waals surface area (Å²) in [4.78, 5) is 11.2. The highest BCUT2D eigenvalue weighted by Crippen LogP contribution is 2.31. The van der Waals surface area contributed by atoms with Gasteiger partial charge in [0.1, 0.15) is 0 Å². The number of nitro groups is 1. The molecule has 0 aliphatic carbocycles. The Balaban J connectivity index is 3.17. The largest absolute Gasteiger partial charge is 0.285 e. The Bertz CT molecular complexity index is 325. The fourth-order valence-corrected chi connectivity index (χ4v) is 2.00. The normalized spacial score (nSPS) is 10.0. The van der Waals surface area contributed by atoms with Crippen molar-refractivity contribution in [2.75, 3.05) is 5.75 Å². The maximum Gasteiger partial charge on any atom is 0.285 e. The van der Waals surface area contributed by atoms with E-state index < -0.39 is 0 Å². The Morgan fingerprint density at radius 3 is 2.77 bits per heavy atom. The first-order chi connectivity index (χ1) is 6.16. The minimum atomic E-state index is -0.312. The highest BCUT2D eigenvalue weighted by Gasteiger charge is 2.15. The number of hydrogen-bond acceptors (Lipinski definition) is 3. The minimum absolute atomic E-state index is 0.245. The van der Waals surface area contributed by atoms with Gasteiger partial charge < -0.3 is 0 Å². The Hall–Kier alpha value is -1.03. The van der Waals surface area contributed by atoms with Crippen LogP contribution in [0.3, 0.4) is 0 Å². The number of nitro benzene ring substituents is 1. The van der Waals surface area contributed by atoms with Gasteiger partial charge in [0.05, 0.1) is 9.82 Å². The zero-order valence-corrected chi connectivity index (χ0v) is 8.43. The molecule has 3 nitrogen and oxygen atoms in total. The quantitative estimate of drug-likeness (QED) is 0.425. The van der Waals surface area contributed by atoms with Crippen molar-refractivity contribution < 1.29 is 4.92 Å². The summed E-state index contributed by atoms with van der Waals surface area (Å²) in [7, 11) is 0. The topological polar surface area (TPSA) is 43.1 Å². The van der Waals surface area contributed by atoms with E-state index in [4.69, 9.17) is 0 Å². The van der Waals surface area contributed by atoms with Crippen molar-refractivity contribution in [3.63, 3.8) is 0 Å². The predicted octanol–water partition coefficient (Wildman–Crippen LogP) is 3.02. The molecule has 0 aliphatic rings. The van der Waals surface area contributed by atoms with Gasteiger partial charge in [-0.15, -0.1) is 11.8 Å². The van der Waals surface area contributed by atoms with Crippen LogP contribution < -0.4 is 0 Å². The third-order valence-corrected chi connectivity index (χ3v) is 2.61. The summed E-state index contributed by atoms with van der Waals surface area (Å²) >= 11 is 1.50. The molecule has 1 rings (SSSR count). The van der Waals surface area contributed by atoms with Crippen molar-refractivity contribution in [1.29, 1.82) is 0 Å². The summed E-state index contributed by atoms with van der Waals surface area (Å²) in [6.07, 6.45) is 0. The van der Waals surface area contributed by atoms with Crippen LogP contribution in [0.1, 0.15) is 12.5 Å². The molecular weight excluding hydrogens is 186 g/mol. The van der Waals surface area contributed by atoms with E-state index in [1.165, 1.54) is 11.8 Å². The fraction of sp³-hybridized carbons (Fsp3) is 0.333. The van der Waals surface area contributed by atoms with E-state index in [1.54, 1.807) is 19.1 Å². The molecule has 1 aromatic rings. The van der Waals surface area contributed by atoms with Crippen molar-refractivity contribution >= 4 is 17.4 Å². The monoisotopic (exact) mass is 197 g/mol. The van der Waals surface area contributed by atoms with E-state index >= 15 is 0 Å². The number of hydrogen-bond donors (Lipinski definition) is 0. The van der Waals surface area contributed by atoms with Gasteiger partial charge in [-0.3, -0.25) is 10.1 Å². The molecule has 0 aliphatic heterocycles. The molecule has 13 heavy (non-hydrogen) atoms. The van der Waals surface area contributed by atoms with Crippen LogP contribution in [0, 0.1) is 17.0 Å². The van der Waals surface area contributed by atoms with Crippen LogP contribution in [0.25, 0.3) is 0 Å². The number of benzene rings is 1. The standard InChI is InChI=1S/C9H11NO2S/c1-3-13-8-6-4-5-7(2)9(8)10(11)12/h4-6H,3H2,1-2H3. The molecule has 0 spiro atoms. The Kier molecular flexibility index (Phi) is 3.31. The van der Waals surface area contributed by atoms with Crippen LogP contribution in [0.5, 0.6) is 0 Å². The molecule has 0 N–H and O–H groups in total. The van der Waals surface area contributed by atoms with Crippen LogP contribution in [0.2, 0.25) is 0 Å². The molecule has 0 saturated heterocycles. The van der Waals surface area contributed by atoms with Crippen LogP contribution in [-0.2, 0) is 0 Å². The molecule has 0 saturated carbocycles. The third kappa shape index (κ3) is 2.21. The molecule has 70 valence electrons. The highest BCUT2D eigenvalue weighted by molar-refractivity contribution is 7.99. The second-order valence-corrected chi connectivity index (χ2v) is 3.92. The first kappa shape index (κ1) is 10.1. The van der Waals surface area contributed by atoms with Crippen LogP contribution in [0.4, 0.5) is 5.69 Å². The van der Waals surface area contributed by atoms with Crippen molar-refractivity contribution in [2.45, 2.75) is 18.7 Å². The van der Waals surface area contributed by atoms with Crippen LogP contribution >= 0.6 is 11.8 Å². The zero-order chi connectivity index (χ0) is 9.84. The predicted molar refractivity (Wildman–Crippen MR) is 54.2 cm³/mol. The molecule has 0 atom stereocenters. The number of rotatable bonds is 3. The van der Waals surface area contributed by atoms with E-state index in [0.29, 0.717) is 0 Å². The smallest absolute Gasteiger partial charge is 0.258 e. The van der Waals surface area contributed by atoms with Gasteiger partial charge in [0.25, 0.3) is 5.69 Å². The zero-order valence-electron chi connectivity index (χ0n) is 7.61. The second-order valence-electron chi connectivity index (χ2n) is 2.61. The molecule has 4 heteroatoms. The maximum atomic E-state index is 10.7. The molecule has 0 unspecified atom stereocenters. The van der Waals surface area contributed by atoms with Gasteiger partial charge in [0, 0.05) is 5.56 Å². The molecule has 1 aromatic carbocycles. The fourth-order valence-electron chi connectivity index (χ4n) is 1.14. The Morgan fingerprint density at radius 1 is 1.54 bits per heavy atom. The number of aryl methyl sites for hydroxylation is 1. The third-order valence-electron chi connectivity index (χ3n) is 1.68. The lowest BCUT2D eigenvalue weighted by Crippen LogP contribution is -1.93. The van der Waals surface area contributed by atoms with Crippen molar-refractivity contribution in [3.05, 3.63) is 33.9 Å². The molecule has 0 amide bonds. The van der Waals surface area contributed by atoms with Crippen molar-refractivity contribution in [2.24, 2.45) is 0 Å². The lowest BCUT2D eigenvalue weighted by atomic mass is 10.2. The Morgan fingerprint density at radius 2 is 2.23 bits per heavy atom. The molecule has 0 heterocycles. The van der Waals surface area contributed by atoms with E-state index in [2.05, 4.69) is 0 Å². The first-order valence-electron chi connectivity index (χ1n) is 4.03. The van der Waals surface area contributed by atoms with Gasteiger partial charge >= 0.3 is 0 Å². The molecule has 0 radical (unpaired) electrons. The summed E-state index contributed by atoms with van der Waals surface area (Å²) in [6.45, 7) is 3.74. The van der Waals surface area contributed by atoms with E-state index in [1.807, 2.05) is 13.0 Å². The summed E-state index contributed by atoms with van der Waals surface area (Å²) < 4.78 is 0. The lowest BCUT2D eigenvalue weighted by Gasteiger charge is -2.02. The molecule has 0 fully saturated rings. The van der Waals surface area contributed by atoms with Gasteiger partial charge in [0.15, 0.2) is 0 Å². The summed E-state index contributed by atoms with van der Waals surface area (Å²) in [5.74, 6) is 0.851. The van der Waals surface area contributed by atoms with Gasteiger partial charge in [-0.25, -0.2) is 0 Å². The number of nitrogens with zero attached hydrogens (tertiary/aromatic N) is 1. The first-order valence-corrected chi connectivity index (χ1v) is 5.02. The molecule has 0 aromatic heterocycles. The number of para-hydroxylation sites is 1. The van der Waals surface area contributed by atoms with Crippen LogP contribution in [0.15, 0.2) is 23.1 Å². The van der Waals surface area contributed by atoms with E-state index in [9.17, 15) is 10.1 Å². The maximum absolute atomic E-state index is 10.7. The lowest BCUT2D eigenvalue weighted by molar-refractivity contribution is -0.388. The summed E-state index contributed by atoms with van der Waals surface area (Å²) in [5, 5.41) is 10.7. The molecule has 0 bridgehead atoms.